The van der Waals surface area contributed by atoms with Gasteiger partial charge in [-0.3, -0.25) is 4.79 Å². The third-order valence-corrected chi connectivity index (χ3v) is 5.14. The van der Waals surface area contributed by atoms with E-state index in [2.05, 4.69) is 15.2 Å². The highest BCUT2D eigenvalue weighted by molar-refractivity contribution is 6.45. The second-order valence-electron chi connectivity index (χ2n) is 5.78. The third kappa shape index (κ3) is 3.94. The molecule has 132 valence electrons. The summed E-state index contributed by atoms with van der Waals surface area (Å²) in [4.78, 5) is 19.0. The van der Waals surface area contributed by atoms with Crippen molar-refractivity contribution < 1.29 is 9.90 Å². The number of hydrogen-bond acceptors (Lipinski definition) is 4. The first kappa shape index (κ1) is 18.1. The molecule has 2 N–H and O–H groups in total. The van der Waals surface area contributed by atoms with Gasteiger partial charge in [0.05, 0.1) is 15.1 Å². The minimum Gasteiger partial charge on any atom is -0.505 e. The number of aromatic nitrogens is 1. The van der Waals surface area contributed by atoms with Crippen molar-refractivity contribution in [3.63, 3.8) is 0 Å². The molecule has 1 aromatic carbocycles. The fraction of sp³-hybridized carbons (Fsp3) is 0.294. The number of halogens is 3. The van der Waals surface area contributed by atoms with Crippen molar-refractivity contribution in [1.82, 2.24) is 10.3 Å². The molecular formula is C17H16Cl3N3O2. The molecule has 3 rings (SSSR count). The number of hydrogen-bond donors (Lipinski definition) is 2. The van der Waals surface area contributed by atoms with Crippen LogP contribution in [-0.4, -0.2) is 29.1 Å². The first-order valence-corrected chi connectivity index (χ1v) is 8.95. The van der Waals surface area contributed by atoms with Gasteiger partial charge in [-0.25, -0.2) is 4.98 Å². The predicted octanol–water partition coefficient (Wildman–Crippen LogP) is 4.28. The zero-order valence-corrected chi connectivity index (χ0v) is 15.5. The van der Waals surface area contributed by atoms with Crippen LogP contribution in [0.5, 0.6) is 5.75 Å². The Labute approximate surface area is 160 Å². The molecule has 1 aliphatic rings. The van der Waals surface area contributed by atoms with Gasteiger partial charge in [0, 0.05) is 25.8 Å². The largest absolute Gasteiger partial charge is 0.505 e. The monoisotopic (exact) mass is 399 g/mol. The van der Waals surface area contributed by atoms with Gasteiger partial charge in [-0.15, -0.1) is 0 Å². The summed E-state index contributed by atoms with van der Waals surface area (Å²) >= 11 is 17.8. The van der Waals surface area contributed by atoms with Crippen molar-refractivity contribution in [2.75, 3.05) is 18.0 Å². The summed E-state index contributed by atoms with van der Waals surface area (Å²) in [5, 5.41) is 12.8. The molecule has 0 saturated carbocycles. The van der Waals surface area contributed by atoms with Gasteiger partial charge in [-0.2, -0.15) is 0 Å². The predicted molar refractivity (Wildman–Crippen MR) is 100.0 cm³/mol. The van der Waals surface area contributed by atoms with E-state index in [9.17, 15) is 9.90 Å². The van der Waals surface area contributed by atoms with E-state index < -0.39 is 5.91 Å². The lowest BCUT2D eigenvalue weighted by Crippen LogP contribution is -2.24. The number of carbonyl (C=O) groups is 1. The van der Waals surface area contributed by atoms with Gasteiger partial charge in [0.25, 0.3) is 5.91 Å². The van der Waals surface area contributed by atoms with Gasteiger partial charge in [0.2, 0.25) is 0 Å². The van der Waals surface area contributed by atoms with Crippen LogP contribution in [0.1, 0.15) is 28.8 Å². The SMILES string of the molecule is O=C(NCc1ccnc(N2CCCC2)c1)c1c(O)c(Cl)cc(Cl)c1Cl. The van der Waals surface area contributed by atoms with E-state index in [1.165, 1.54) is 6.07 Å². The Kier molecular flexibility index (Phi) is 5.57. The highest BCUT2D eigenvalue weighted by Gasteiger charge is 2.21. The second-order valence-corrected chi connectivity index (χ2v) is 6.97. The number of nitrogens with zero attached hydrogens (tertiary/aromatic N) is 2. The maximum absolute atomic E-state index is 12.4. The summed E-state index contributed by atoms with van der Waals surface area (Å²) in [6.45, 7) is 2.25. The molecule has 0 spiro atoms. The van der Waals surface area contributed by atoms with Gasteiger partial charge >= 0.3 is 0 Å². The van der Waals surface area contributed by atoms with Crippen molar-refractivity contribution in [3.8, 4) is 5.75 Å². The van der Waals surface area contributed by atoms with Crippen molar-refractivity contribution in [1.29, 1.82) is 0 Å². The Morgan fingerprint density at radius 3 is 2.64 bits per heavy atom. The number of aromatic hydroxyl groups is 1. The lowest BCUT2D eigenvalue weighted by Gasteiger charge is -2.17. The minimum atomic E-state index is -0.550. The highest BCUT2D eigenvalue weighted by atomic mass is 35.5. The van der Waals surface area contributed by atoms with E-state index in [-0.39, 0.29) is 32.9 Å². The topological polar surface area (TPSA) is 65.5 Å². The molecule has 0 radical (unpaired) electrons. The molecule has 0 atom stereocenters. The highest BCUT2D eigenvalue weighted by Crippen LogP contribution is 2.38. The Morgan fingerprint density at radius 2 is 1.92 bits per heavy atom. The molecule has 1 fully saturated rings. The number of phenols is 1. The molecule has 0 aliphatic carbocycles. The maximum atomic E-state index is 12.4. The first-order valence-electron chi connectivity index (χ1n) is 7.82. The van der Waals surface area contributed by atoms with Gasteiger partial charge in [-0.05, 0) is 36.6 Å². The van der Waals surface area contributed by atoms with Crippen LogP contribution in [0.3, 0.4) is 0 Å². The summed E-state index contributed by atoms with van der Waals surface area (Å²) in [5.74, 6) is -0.0385. The molecule has 2 aromatic rings. The minimum absolute atomic E-state index is 0.0280. The zero-order valence-electron chi connectivity index (χ0n) is 13.2. The number of benzene rings is 1. The molecule has 0 bridgehead atoms. The van der Waals surface area contributed by atoms with Crippen LogP contribution in [0, 0.1) is 0 Å². The summed E-state index contributed by atoms with van der Waals surface area (Å²) in [6, 6.07) is 5.06. The van der Waals surface area contributed by atoms with Crippen LogP contribution in [0.2, 0.25) is 15.1 Å². The average Bonchev–Trinajstić information content (AvgIpc) is 3.13. The lowest BCUT2D eigenvalue weighted by atomic mass is 10.1. The number of phenolic OH excluding ortho intramolecular Hbond substituents is 1. The van der Waals surface area contributed by atoms with E-state index in [1.807, 2.05) is 12.1 Å². The van der Waals surface area contributed by atoms with Gasteiger partial charge < -0.3 is 15.3 Å². The Bertz CT molecular complexity index is 782. The molecule has 2 heterocycles. The van der Waals surface area contributed by atoms with Crippen LogP contribution in [0.4, 0.5) is 5.82 Å². The van der Waals surface area contributed by atoms with Crippen LogP contribution < -0.4 is 10.2 Å². The fourth-order valence-corrected chi connectivity index (χ4v) is 3.45. The number of rotatable bonds is 4. The number of nitrogens with one attached hydrogen (secondary N) is 1. The number of amides is 1. The molecule has 1 aromatic heterocycles. The second kappa shape index (κ2) is 7.68. The van der Waals surface area contributed by atoms with Crippen LogP contribution in [-0.2, 0) is 6.54 Å². The van der Waals surface area contributed by atoms with Crippen molar-refractivity contribution in [2.45, 2.75) is 19.4 Å². The summed E-state index contributed by atoms with van der Waals surface area (Å²) in [6.07, 6.45) is 4.04. The third-order valence-electron chi connectivity index (χ3n) is 4.07. The van der Waals surface area contributed by atoms with Crippen molar-refractivity contribution in [2.24, 2.45) is 0 Å². The summed E-state index contributed by atoms with van der Waals surface area (Å²) in [5.41, 5.74) is 0.766. The lowest BCUT2D eigenvalue weighted by molar-refractivity contribution is 0.0948. The number of pyridine rings is 1. The zero-order chi connectivity index (χ0) is 18.0. The molecule has 25 heavy (non-hydrogen) atoms. The maximum Gasteiger partial charge on any atom is 0.256 e. The molecule has 1 amide bonds. The number of carbonyl (C=O) groups excluding carboxylic acids is 1. The van der Waals surface area contributed by atoms with E-state index in [0.717, 1.165) is 37.3 Å². The molecule has 1 aliphatic heterocycles. The van der Waals surface area contributed by atoms with Gasteiger partial charge in [0.1, 0.15) is 17.1 Å². The summed E-state index contributed by atoms with van der Waals surface area (Å²) < 4.78 is 0. The Morgan fingerprint density at radius 1 is 1.20 bits per heavy atom. The molecule has 8 heteroatoms. The fourth-order valence-electron chi connectivity index (χ4n) is 2.75. The molecular weight excluding hydrogens is 385 g/mol. The first-order chi connectivity index (χ1) is 12.0. The summed E-state index contributed by atoms with van der Waals surface area (Å²) in [7, 11) is 0. The van der Waals surface area contributed by atoms with Gasteiger partial charge in [0.15, 0.2) is 0 Å². The van der Waals surface area contributed by atoms with E-state index in [0.29, 0.717) is 0 Å². The van der Waals surface area contributed by atoms with Crippen LogP contribution in [0.25, 0.3) is 0 Å². The quantitative estimate of drug-likeness (QED) is 0.752. The van der Waals surface area contributed by atoms with Crippen LogP contribution >= 0.6 is 34.8 Å². The van der Waals surface area contributed by atoms with Gasteiger partial charge in [-0.1, -0.05) is 34.8 Å². The van der Waals surface area contributed by atoms with Crippen molar-refractivity contribution in [3.05, 3.63) is 50.6 Å². The molecule has 5 nitrogen and oxygen atoms in total. The normalized spacial score (nSPS) is 14.0. The molecule has 0 unspecified atom stereocenters. The van der Waals surface area contributed by atoms with E-state index in [1.54, 1.807) is 6.20 Å². The Balaban J connectivity index is 1.74. The van der Waals surface area contributed by atoms with Crippen molar-refractivity contribution >= 4 is 46.5 Å². The standard InChI is InChI=1S/C17H16Cl3N3O2/c18-11-8-12(19)16(24)14(15(11)20)17(25)22-9-10-3-4-21-13(7-10)23-5-1-2-6-23/h3-4,7-8,24H,1-2,5-6,9H2,(H,22,25). The average molecular weight is 401 g/mol. The smallest absolute Gasteiger partial charge is 0.256 e. The van der Waals surface area contributed by atoms with E-state index >= 15 is 0 Å². The van der Waals surface area contributed by atoms with Crippen LogP contribution in [0.15, 0.2) is 24.4 Å². The Hall–Kier alpha value is -1.69. The number of anilines is 1. The van der Waals surface area contributed by atoms with E-state index in [4.69, 9.17) is 34.8 Å². The molecule has 1 saturated heterocycles.